The third kappa shape index (κ3) is 10.8. The largest absolute Gasteiger partial charge is 0.573 e. The molecular formula is C23H27ClF3N5O4. The SMILES string of the molecule is CNC(/N=C/Oc1cccc(OC(F)(F)F)c1)=C(/NCc1ccc(Cl)cc1)C(=O)NCCOCCN. The number of hydrogen-bond acceptors (Lipinski definition) is 8. The van der Waals surface area contributed by atoms with Gasteiger partial charge in [-0.05, 0) is 29.8 Å². The summed E-state index contributed by atoms with van der Waals surface area (Å²) in [5.41, 5.74) is 6.33. The Morgan fingerprint density at radius 2 is 1.83 bits per heavy atom. The first-order valence-electron chi connectivity index (χ1n) is 10.7. The summed E-state index contributed by atoms with van der Waals surface area (Å²) in [6, 6.07) is 12.0. The van der Waals surface area contributed by atoms with Crippen LogP contribution in [0.25, 0.3) is 0 Å². The first kappa shape index (κ1) is 28.8. The molecular weight excluding hydrogens is 503 g/mol. The zero-order valence-electron chi connectivity index (χ0n) is 19.4. The van der Waals surface area contributed by atoms with Crippen LogP contribution in [0.15, 0.2) is 65.0 Å². The van der Waals surface area contributed by atoms with Gasteiger partial charge in [0.15, 0.2) is 12.2 Å². The highest BCUT2D eigenvalue weighted by atomic mass is 35.5. The second-order valence-electron chi connectivity index (χ2n) is 6.99. The number of nitrogens with zero attached hydrogens (tertiary/aromatic N) is 1. The van der Waals surface area contributed by atoms with Crippen LogP contribution < -0.4 is 31.2 Å². The van der Waals surface area contributed by atoms with Gasteiger partial charge in [0.1, 0.15) is 17.2 Å². The molecule has 0 fully saturated rings. The number of hydrogen-bond donors (Lipinski definition) is 4. The number of alkyl halides is 3. The maximum Gasteiger partial charge on any atom is 0.573 e. The van der Waals surface area contributed by atoms with Crippen molar-refractivity contribution >= 4 is 23.9 Å². The van der Waals surface area contributed by atoms with Crippen molar-refractivity contribution in [3.8, 4) is 11.5 Å². The van der Waals surface area contributed by atoms with Crippen molar-refractivity contribution in [1.82, 2.24) is 16.0 Å². The number of carbonyl (C=O) groups excluding carboxylic acids is 1. The van der Waals surface area contributed by atoms with Crippen LogP contribution in [-0.4, -0.2) is 52.0 Å². The number of aliphatic imine (C=N–C) groups is 1. The summed E-state index contributed by atoms with van der Waals surface area (Å²) in [6.07, 6.45) is -3.84. The zero-order chi connectivity index (χ0) is 26.4. The molecule has 36 heavy (non-hydrogen) atoms. The van der Waals surface area contributed by atoms with Gasteiger partial charge in [0.2, 0.25) is 0 Å². The second-order valence-corrected chi connectivity index (χ2v) is 7.42. The highest BCUT2D eigenvalue weighted by Crippen LogP contribution is 2.25. The predicted octanol–water partition coefficient (Wildman–Crippen LogP) is 2.92. The average Bonchev–Trinajstić information content (AvgIpc) is 2.83. The lowest BCUT2D eigenvalue weighted by Gasteiger charge is -2.15. The fraction of sp³-hybridized carbons (Fsp3) is 0.304. The minimum absolute atomic E-state index is 0.0492. The highest BCUT2D eigenvalue weighted by Gasteiger charge is 2.31. The van der Waals surface area contributed by atoms with Gasteiger partial charge >= 0.3 is 6.36 Å². The van der Waals surface area contributed by atoms with Crippen LogP contribution in [0.3, 0.4) is 0 Å². The smallest absolute Gasteiger partial charge is 0.446 e. The number of nitrogens with two attached hydrogens (primary N) is 1. The number of nitrogens with one attached hydrogen (secondary N) is 3. The van der Waals surface area contributed by atoms with Crippen molar-refractivity contribution < 1.29 is 32.2 Å². The Morgan fingerprint density at radius 3 is 2.50 bits per heavy atom. The maximum absolute atomic E-state index is 12.9. The second kappa shape index (κ2) is 14.8. The summed E-state index contributed by atoms with van der Waals surface area (Å²) in [5.74, 6) is -0.748. The topological polar surface area (TPSA) is 119 Å². The van der Waals surface area contributed by atoms with Crippen LogP contribution in [0.4, 0.5) is 13.2 Å². The molecule has 2 aromatic rings. The number of carbonyl (C=O) groups is 1. The van der Waals surface area contributed by atoms with E-state index >= 15 is 0 Å². The van der Waals surface area contributed by atoms with Crippen LogP contribution in [0.2, 0.25) is 5.02 Å². The van der Waals surface area contributed by atoms with E-state index in [2.05, 4.69) is 25.7 Å². The van der Waals surface area contributed by atoms with Gasteiger partial charge in [0.05, 0.1) is 13.2 Å². The van der Waals surface area contributed by atoms with Crippen LogP contribution >= 0.6 is 11.6 Å². The van der Waals surface area contributed by atoms with Crippen LogP contribution in [0.1, 0.15) is 5.56 Å². The molecule has 2 rings (SSSR count). The molecule has 1 amide bonds. The lowest BCUT2D eigenvalue weighted by Crippen LogP contribution is -2.36. The van der Waals surface area contributed by atoms with E-state index in [1.807, 2.05) is 0 Å². The van der Waals surface area contributed by atoms with Crippen molar-refractivity contribution in [2.75, 3.05) is 33.4 Å². The predicted molar refractivity (Wildman–Crippen MR) is 130 cm³/mol. The number of benzene rings is 2. The lowest BCUT2D eigenvalue weighted by molar-refractivity contribution is -0.274. The molecule has 0 spiro atoms. The minimum atomic E-state index is -4.83. The first-order chi connectivity index (χ1) is 17.2. The van der Waals surface area contributed by atoms with Gasteiger partial charge in [0, 0.05) is 37.8 Å². The molecule has 196 valence electrons. The molecule has 0 unspecified atom stereocenters. The van der Waals surface area contributed by atoms with Crippen molar-refractivity contribution in [2.24, 2.45) is 10.7 Å². The first-order valence-corrected chi connectivity index (χ1v) is 11.1. The number of ether oxygens (including phenoxy) is 3. The summed E-state index contributed by atoms with van der Waals surface area (Å²) >= 11 is 5.92. The Bertz CT molecular complexity index is 1030. The average molecular weight is 530 g/mol. The molecule has 0 aliphatic heterocycles. The molecule has 5 N–H and O–H groups in total. The molecule has 9 nitrogen and oxygen atoms in total. The molecule has 0 heterocycles. The van der Waals surface area contributed by atoms with Gasteiger partial charge in [-0.2, -0.15) is 0 Å². The number of rotatable bonds is 14. The minimum Gasteiger partial charge on any atom is -0.446 e. The van der Waals surface area contributed by atoms with Crippen LogP contribution in [0.5, 0.6) is 11.5 Å². The monoisotopic (exact) mass is 529 g/mol. The van der Waals surface area contributed by atoms with Crippen molar-refractivity contribution in [3.63, 3.8) is 0 Å². The van der Waals surface area contributed by atoms with Crippen molar-refractivity contribution in [3.05, 3.63) is 70.6 Å². The molecule has 0 saturated heterocycles. The lowest BCUT2D eigenvalue weighted by atomic mass is 10.2. The van der Waals surface area contributed by atoms with E-state index in [9.17, 15) is 18.0 Å². The number of amides is 1. The van der Waals surface area contributed by atoms with Crippen LogP contribution in [-0.2, 0) is 16.1 Å². The Hall–Kier alpha value is -3.48. The summed E-state index contributed by atoms with van der Waals surface area (Å²) in [6.45, 7) is 1.51. The van der Waals surface area contributed by atoms with Crippen molar-refractivity contribution in [1.29, 1.82) is 0 Å². The summed E-state index contributed by atoms with van der Waals surface area (Å²) in [7, 11) is 1.55. The van der Waals surface area contributed by atoms with Crippen molar-refractivity contribution in [2.45, 2.75) is 12.9 Å². The zero-order valence-corrected chi connectivity index (χ0v) is 20.2. The fourth-order valence-electron chi connectivity index (χ4n) is 2.71. The standard InChI is InChI=1S/C23H27ClF3N5O4/c1-29-21(32-15-35-18-3-2-4-19(13-18)36-23(25,26)27)20(22(33)30-10-12-34-11-9-28)31-14-16-5-7-17(24)8-6-16/h2-8,13,15,29,31H,9-12,14,28H2,1H3,(H,30,33)/b21-20-,32-15+. The third-order valence-corrected chi connectivity index (χ3v) is 4.54. The molecule has 13 heteroatoms. The third-order valence-electron chi connectivity index (χ3n) is 4.29. The summed E-state index contributed by atoms with van der Waals surface area (Å²) in [5, 5.41) is 9.12. The van der Waals surface area contributed by atoms with E-state index in [0.717, 1.165) is 24.1 Å². The van der Waals surface area contributed by atoms with E-state index in [0.29, 0.717) is 18.2 Å². The quantitative estimate of drug-likeness (QED) is 0.129. The van der Waals surface area contributed by atoms with E-state index < -0.39 is 18.0 Å². The molecule has 0 aliphatic carbocycles. The molecule has 0 aliphatic rings. The van der Waals surface area contributed by atoms with E-state index in [1.54, 1.807) is 31.3 Å². The molecule has 2 aromatic carbocycles. The highest BCUT2D eigenvalue weighted by molar-refractivity contribution is 6.30. The fourth-order valence-corrected chi connectivity index (χ4v) is 2.84. The van der Waals surface area contributed by atoms with E-state index in [1.165, 1.54) is 12.1 Å². The summed E-state index contributed by atoms with van der Waals surface area (Å²) in [4.78, 5) is 17.0. The van der Waals surface area contributed by atoms with Gasteiger partial charge in [-0.1, -0.05) is 29.8 Å². The molecule has 0 aromatic heterocycles. The Kier molecular flexibility index (Phi) is 11.8. The van der Waals surface area contributed by atoms with E-state index in [-0.39, 0.29) is 37.0 Å². The van der Waals surface area contributed by atoms with Gasteiger partial charge in [-0.15, -0.1) is 13.2 Å². The summed E-state index contributed by atoms with van der Waals surface area (Å²) < 4.78 is 51.7. The van der Waals surface area contributed by atoms with Gasteiger partial charge in [0.25, 0.3) is 5.91 Å². The molecule has 0 bridgehead atoms. The Labute approximate surface area is 211 Å². The van der Waals surface area contributed by atoms with Gasteiger partial charge in [-0.25, -0.2) is 4.99 Å². The van der Waals surface area contributed by atoms with E-state index in [4.69, 9.17) is 26.8 Å². The molecule has 0 radical (unpaired) electrons. The number of halogens is 4. The van der Waals surface area contributed by atoms with Gasteiger partial charge < -0.3 is 35.9 Å². The maximum atomic E-state index is 12.9. The van der Waals surface area contributed by atoms with Gasteiger partial charge in [-0.3, -0.25) is 4.79 Å². The van der Waals surface area contributed by atoms with Crippen LogP contribution in [0, 0.1) is 0 Å². The molecule has 0 saturated carbocycles. The Balaban J connectivity index is 2.16. The normalized spacial score (nSPS) is 12.2. The Morgan fingerprint density at radius 1 is 1.11 bits per heavy atom. The molecule has 0 atom stereocenters.